The van der Waals surface area contributed by atoms with Crippen LogP contribution < -0.4 is 0 Å². The van der Waals surface area contributed by atoms with Crippen molar-refractivity contribution < 1.29 is 45.6 Å². The lowest BCUT2D eigenvalue weighted by Crippen LogP contribution is -2.34. The zero-order valence-corrected chi connectivity index (χ0v) is 31.7. The Morgan fingerprint density at radius 2 is 1.58 bits per heavy atom. The number of halogens is 10. The SMILES string of the molecule is C1CCC2=NCCCN2CC1.C=CC(=O)OC.COOCc1cc(C(F)(F)F)[nH]c1-c1ccc(Cl)cc1.FC(F)(F)C(Cl)N=C(Cl)c1ccc(Cl)cc1. The Balaban J connectivity index is 0.000000263. The van der Waals surface area contributed by atoms with E-state index in [2.05, 4.69) is 36.1 Å². The Morgan fingerprint density at radius 1 is 0.981 bits per heavy atom. The van der Waals surface area contributed by atoms with Crippen molar-refractivity contribution in [2.24, 2.45) is 9.98 Å². The maximum Gasteiger partial charge on any atom is 0.431 e. The number of fused-ring (bicyclic) bond motifs is 1. The highest BCUT2D eigenvalue weighted by molar-refractivity contribution is 6.69. The second-order valence-corrected chi connectivity index (χ2v) is 12.6. The van der Waals surface area contributed by atoms with Crippen molar-refractivity contribution in [3.63, 3.8) is 0 Å². The fourth-order valence-corrected chi connectivity index (χ4v) is 5.24. The number of rotatable bonds is 7. The third-order valence-corrected chi connectivity index (χ3v) is 8.36. The van der Waals surface area contributed by atoms with Gasteiger partial charge in [0.15, 0.2) is 0 Å². The number of amidine groups is 1. The minimum atomic E-state index is -4.62. The zero-order valence-electron chi connectivity index (χ0n) is 28.7. The maximum absolute atomic E-state index is 12.8. The first-order valence-electron chi connectivity index (χ1n) is 15.9. The van der Waals surface area contributed by atoms with Crippen molar-refractivity contribution in [2.45, 2.75) is 56.6 Å². The quantitative estimate of drug-likeness (QED) is 0.0374. The van der Waals surface area contributed by atoms with E-state index in [1.807, 2.05) is 0 Å². The third-order valence-electron chi connectivity index (χ3n) is 7.19. The topological polar surface area (TPSA) is 88.5 Å². The summed E-state index contributed by atoms with van der Waals surface area (Å²) < 4.78 is 78.6. The number of hydrogen-bond donors (Lipinski definition) is 1. The van der Waals surface area contributed by atoms with Crippen LogP contribution in [0.3, 0.4) is 0 Å². The van der Waals surface area contributed by atoms with E-state index in [-0.39, 0.29) is 11.8 Å². The van der Waals surface area contributed by atoms with Crippen LogP contribution in [-0.2, 0) is 32.1 Å². The predicted octanol–water partition coefficient (Wildman–Crippen LogP) is 10.9. The van der Waals surface area contributed by atoms with Gasteiger partial charge in [-0.2, -0.15) is 26.3 Å². The number of alkyl halides is 7. The molecule has 0 spiro atoms. The van der Waals surface area contributed by atoms with Gasteiger partial charge in [0.2, 0.25) is 5.50 Å². The smallest absolute Gasteiger partial charge is 0.431 e. The predicted molar refractivity (Wildman–Crippen MR) is 197 cm³/mol. The summed E-state index contributed by atoms with van der Waals surface area (Å²) in [7, 11) is 2.60. The molecule has 3 heterocycles. The summed E-state index contributed by atoms with van der Waals surface area (Å²) in [5.74, 6) is 1.00. The van der Waals surface area contributed by atoms with Crippen molar-refractivity contribution in [2.75, 3.05) is 33.9 Å². The minimum absolute atomic E-state index is 0.0962. The molecule has 2 aromatic carbocycles. The van der Waals surface area contributed by atoms with Gasteiger partial charge in [-0.3, -0.25) is 4.99 Å². The number of nitrogens with zero attached hydrogens (tertiary/aromatic N) is 3. The molecule has 0 bridgehead atoms. The second kappa shape index (κ2) is 22.8. The summed E-state index contributed by atoms with van der Waals surface area (Å²) in [6, 6.07) is 13.4. The highest BCUT2D eigenvalue weighted by Crippen LogP contribution is 2.34. The number of benzene rings is 2. The van der Waals surface area contributed by atoms with E-state index in [0.717, 1.165) is 18.7 Å². The number of aromatic nitrogens is 1. The van der Waals surface area contributed by atoms with Gasteiger partial charge in [0.05, 0.1) is 25.7 Å². The highest BCUT2D eigenvalue weighted by Gasteiger charge is 2.38. The van der Waals surface area contributed by atoms with Crippen LogP contribution in [0.1, 0.15) is 48.9 Å². The molecule has 1 aromatic heterocycles. The van der Waals surface area contributed by atoms with Gasteiger partial charge >= 0.3 is 18.3 Å². The number of carbonyl (C=O) groups excluding carboxylic acids is 1. The summed E-state index contributed by atoms with van der Waals surface area (Å²) in [6.07, 6.45) is -1.33. The molecule has 1 atom stereocenters. The van der Waals surface area contributed by atoms with Gasteiger partial charge in [0.25, 0.3) is 0 Å². The van der Waals surface area contributed by atoms with E-state index >= 15 is 0 Å². The molecule has 1 N–H and O–H groups in total. The third kappa shape index (κ3) is 16.7. The molecule has 0 radical (unpaired) electrons. The van der Waals surface area contributed by atoms with E-state index in [4.69, 9.17) is 51.3 Å². The number of esters is 1. The molecule has 18 heteroatoms. The molecule has 2 aliphatic heterocycles. The molecule has 0 aliphatic carbocycles. The number of aromatic amines is 1. The first kappa shape index (κ1) is 45.9. The van der Waals surface area contributed by atoms with Crippen LogP contribution in [0.15, 0.2) is 77.2 Å². The van der Waals surface area contributed by atoms with Gasteiger partial charge in [-0.1, -0.05) is 83.7 Å². The summed E-state index contributed by atoms with van der Waals surface area (Å²) in [5.41, 5.74) is -1.61. The molecule has 3 aromatic rings. The molecular weight excluding hydrogens is 796 g/mol. The maximum atomic E-state index is 12.8. The molecule has 0 amide bonds. The summed E-state index contributed by atoms with van der Waals surface area (Å²) in [5, 5.41) is 0.645. The van der Waals surface area contributed by atoms with Crippen LogP contribution in [0.5, 0.6) is 0 Å². The average molecular weight is 835 g/mol. The number of H-pyrrole nitrogens is 1. The normalized spacial score (nSPS) is 15.1. The molecular formula is C35H38Cl4F6N4O4. The van der Waals surface area contributed by atoms with Crippen LogP contribution in [0.4, 0.5) is 26.3 Å². The van der Waals surface area contributed by atoms with Gasteiger partial charge in [-0.15, -0.1) is 0 Å². The fourth-order valence-electron chi connectivity index (χ4n) is 4.62. The van der Waals surface area contributed by atoms with Gasteiger partial charge in [-0.25, -0.2) is 19.6 Å². The van der Waals surface area contributed by atoms with Crippen molar-refractivity contribution in [3.05, 3.63) is 94.1 Å². The van der Waals surface area contributed by atoms with Crippen LogP contribution in [0.2, 0.25) is 10.0 Å². The minimum Gasteiger partial charge on any atom is -0.466 e. The molecule has 1 unspecified atom stereocenters. The van der Waals surface area contributed by atoms with Crippen LogP contribution in [0.25, 0.3) is 11.3 Å². The molecule has 292 valence electrons. The second-order valence-electron chi connectivity index (χ2n) is 11.0. The van der Waals surface area contributed by atoms with E-state index in [9.17, 15) is 31.1 Å². The molecule has 5 rings (SSSR count). The Kier molecular flexibility index (Phi) is 19.8. The number of carbonyl (C=O) groups is 1. The zero-order chi connectivity index (χ0) is 39.6. The summed E-state index contributed by atoms with van der Waals surface area (Å²) >= 11 is 22.0. The lowest BCUT2D eigenvalue weighted by atomic mass is 10.1. The molecule has 1 saturated heterocycles. The van der Waals surface area contributed by atoms with Gasteiger partial charge in [0, 0.05) is 53.3 Å². The Labute approximate surface area is 323 Å². The van der Waals surface area contributed by atoms with Crippen LogP contribution in [-0.4, -0.2) is 72.4 Å². The molecule has 1 fully saturated rings. The Bertz CT molecular complexity index is 1630. The number of nitrogens with one attached hydrogen (secondary N) is 1. The van der Waals surface area contributed by atoms with Crippen molar-refractivity contribution >= 4 is 63.4 Å². The van der Waals surface area contributed by atoms with Crippen molar-refractivity contribution in [1.29, 1.82) is 0 Å². The van der Waals surface area contributed by atoms with Gasteiger partial charge in [-0.05, 0) is 55.2 Å². The monoisotopic (exact) mass is 832 g/mol. The molecule has 53 heavy (non-hydrogen) atoms. The lowest BCUT2D eigenvalue weighted by molar-refractivity contribution is -0.282. The number of aliphatic imine (C=N–C) groups is 2. The van der Waals surface area contributed by atoms with Crippen molar-refractivity contribution in [1.82, 2.24) is 9.88 Å². The Hall–Kier alpha value is -3.27. The average Bonchev–Trinajstić information content (AvgIpc) is 3.42. The van der Waals surface area contributed by atoms with Gasteiger partial charge < -0.3 is 14.6 Å². The fraction of sp³-hybridized carbons (Fsp3) is 0.400. The molecule has 0 saturated carbocycles. The molecule has 2 aliphatic rings. The Morgan fingerprint density at radius 3 is 2.11 bits per heavy atom. The number of ether oxygens (including phenoxy) is 1. The van der Waals surface area contributed by atoms with E-state index in [0.29, 0.717) is 32.4 Å². The summed E-state index contributed by atoms with van der Waals surface area (Å²) in [4.78, 5) is 31.5. The highest BCUT2D eigenvalue weighted by atomic mass is 35.5. The van der Waals surface area contributed by atoms with Crippen LogP contribution >= 0.6 is 46.4 Å². The lowest BCUT2D eigenvalue weighted by Gasteiger charge is -2.27. The van der Waals surface area contributed by atoms with Crippen molar-refractivity contribution in [3.8, 4) is 11.3 Å². The number of hydrogen-bond acceptors (Lipinski definition) is 7. The van der Waals surface area contributed by atoms with E-state index in [1.54, 1.807) is 24.3 Å². The first-order chi connectivity index (χ1) is 25.0. The number of methoxy groups -OCH3 is 1. The largest absolute Gasteiger partial charge is 0.466 e. The van der Waals surface area contributed by atoms with E-state index in [1.165, 1.54) is 89.5 Å². The van der Waals surface area contributed by atoms with Gasteiger partial charge in [0.1, 0.15) is 17.5 Å². The summed E-state index contributed by atoms with van der Waals surface area (Å²) in [6.45, 7) is 6.66. The van der Waals surface area contributed by atoms with E-state index < -0.39 is 29.5 Å². The molecule has 8 nitrogen and oxygen atoms in total. The first-order valence-corrected chi connectivity index (χ1v) is 17.5. The van der Waals surface area contributed by atoms with Crippen LogP contribution in [0, 0.1) is 0 Å². The standard InChI is InChI=1S/C13H11ClF3NO2.C9H5Cl3F3N.C9H16N2.C4H6O2/c1-19-20-7-9-6-11(13(15,16)17)18-12(9)8-2-4-10(14)5-3-8;10-6-3-1-5(2-4-6)7(11)16-8(12)9(13,14)15;1-2-5-9-10-6-4-8-11(9)7-3-1;1-3-4(5)6-2/h2-6,18H,7H2,1H3;1-4,8H;1-8H2;3H,1H2,2H3.